The van der Waals surface area contributed by atoms with Gasteiger partial charge in [-0.15, -0.1) is 11.8 Å². The molecule has 0 saturated carbocycles. The van der Waals surface area contributed by atoms with Crippen LogP contribution in [0.4, 0.5) is 16.2 Å². The van der Waals surface area contributed by atoms with Gasteiger partial charge in [-0.05, 0) is 48.7 Å². The lowest BCUT2D eigenvalue weighted by atomic mass is 10.3. The number of rotatable bonds is 7. The summed E-state index contributed by atoms with van der Waals surface area (Å²) in [5.74, 6) is 0.502. The molecule has 7 heteroatoms. The van der Waals surface area contributed by atoms with Crippen molar-refractivity contribution in [2.24, 2.45) is 0 Å². The Morgan fingerprint density at radius 2 is 1.76 bits per heavy atom. The SMILES string of the molecule is CSc1cccc(NC(=O)OCCOc2ccc(NC(C)=O)cc2)c1. The molecule has 0 fully saturated rings. The van der Waals surface area contributed by atoms with Gasteiger partial charge in [0.05, 0.1) is 0 Å². The number of nitrogens with one attached hydrogen (secondary N) is 2. The fraction of sp³-hybridized carbons (Fsp3) is 0.222. The van der Waals surface area contributed by atoms with Crippen molar-refractivity contribution < 1.29 is 19.1 Å². The highest BCUT2D eigenvalue weighted by atomic mass is 32.2. The quantitative estimate of drug-likeness (QED) is 0.577. The van der Waals surface area contributed by atoms with E-state index in [2.05, 4.69) is 10.6 Å². The third-order valence-electron chi connectivity index (χ3n) is 3.08. The molecular weight excluding hydrogens is 340 g/mol. The molecule has 2 amide bonds. The third kappa shape index (κ3) is 6.76. The van der Waals surface area contributed by atoms with E-state index in [1.165, 1.54) is 6.92 Å². The van der Waals surface area contributed by atoms with Gasteiger partial charge in [0, 0.05) is 23.2 Å². The second-order valence-corrected chi connectivity index (χ2v) is 5.93. The van der Waals surface area contributed by atoms with E-state index >= 15 is 0 Å². The van der Waals surface area contributed by atoms with Gasteiger partial charge in [0.25, 0.3) is 0 Å². The average molecular weight is 360 g/mol. The van der Waals surface area contributed by atoms with Gasteiger partial charge in [-0.1, -0.05) is 6.07 Å². The zero-order valence-corrected chi connectivity index (χ0v) is 14.9. The van der Waals surface area contributed by atoms with E-state index in [0.717, 1.165) is 4.90 Å². The minimum atomic E-state index is -0.525. The molecule has 0 aliphatic rings. The summed E-state index contributed by atoms with van der Waals surface area (Å²) in [4.78, 5) is 23.7. The number of carbonyl (C=O) groups is 2. The summed E-state index contributed by atoms with van der Waals surface area (Å²) in [6.07, 6.45) is 1.44. The van der Waals surface area contributed by atoms with Crippen molar-refractivity contribution in [3.63, 3.8) is 0 Å². The van der Waals surface area contributed by atoms with Crippen LogP contribution in [0.25, 0.3) is 0 Å². The molecule has 0 saturated heterocycles. The summed E-state index contributed by atoms with van der Waals surface area (Å²) in [5.41, 5.74) is 1.38. The summed E-state index contributed by atoms with van der Waals surface area (Å²) >= 11 is 1.60. The number of ether oxygens (including phenoxy) is 2. The number of thioether (sulfide) groups is 1. The lowest BCUT2D eigenvalue weighted by molar-refractivity contribution is -0.114. The maximum absolute atomic E-state index is 11.7. The molecule has 2 aromatic rings. The van der Waals surface area contributed by atoms with Gasteiger partial charge in [-0.25, -0.2) is 4.79 Å². The van der Waals surface area contributed by atoms with Crippen LogP contribution in [0, 0.1) is 0 Å². The van der Waals surface area contributed by atoms with Crippen molar-refractivity contribution in [2.45, 2.75) is 11.8 Å². The number of amides is 2. The average Bonchev–Trinajstić information content (AvgIpc) is 2.60. The highest BCUT2D eigenvalue weighted by Crippen LogP contribution is 2.19. The molecule has 0 heterocycles. The van der Waals surface area contributed by atoms with Gasteiger partial charge in [-0.3, -0.25) is 10.1 Å². The van der Waals surface area contributed by atoms with Crippen LogP contribution in [0.15, 0.2) is 53.4 Å². The molecule has 6 nitrogen and oxygen atoms in total. The Morgan fingerprint density at radius 1 is 1.00 bits per heavy atom. The molecule has 0 atom stereocenters. The van der Waals surface area contributed by atoms with Crippen molar-refractivity contribution in [1.82, 2.24) is 0 Å². The van der Waals surface area contributed by atoms with E-state index in [1.807, 2.05) is 24.5 Å². The van der Waals surface area contributed by atoms with Crippen molar-refractivity contribution in [2.75, 3.05) is 30.1 Å². The van der Waals surface area contributed by atoms with E-state index in [9.17, 15) is 9.59 Å². The predicted molar refractivity (Wildman–Crippen MR) is 99.4 cm³/mol. The van der Waals surface area contributed by atoms with Crippen LogP contribution in [0.2, 0.25) is 0 Å². The van der Waals surface area contributed by atoms with Crippen molar-refractivity contribution in [1.29, 1.82) is 0 Å². The Bertz CT molecular complexity index is 719. The lowest BCUT2D eigenvalue weighted by Crippen LogP contribution is -2.17. The Morgan fingerprint density at radius 3 is 2.44 bits per heavy atom. The first-order valence-corrected chi connectivity index (χ1v) is 8.87. The first kappa shape index (κ1) is 18.7. The predicted octanol–water partition coefficient (Wildman–Crippen LogP) is 3.99. The maximum atomic E-state index is 11.7. The van der Waals surface area contributed by atoms with E-state index < -0.39 is 6.09 Å². The zero-order chi connectivity index (χ0) is 18.1. The molecule has 0 aliphatic carbocycles. The molecule has 132 valence electrons. The van der Waals surface area contributed by atoms with Gasteiger partial charge in [0.2, 0.25) is 5.91 Å². The summed E-state index contributed by atoms with van der Waals surface area (Å²) in [5, 5.41) is 5.34. The molecule has 25 heavy (non-hydrogen) atoms. The molecule has 2 aromatic carbocycles. The fourth-order valence-electron chi connectivity index (χ4n) is 1.99. The van der Waals surface area contributed by atoms with Crippen LogP contribution < -0.4 is 15.4 Å². The highest BCUT2D eigenvalue weighted by molar-refractivity contribution is 7.98. The molecule has 0 aromatic heterocycles. The largest absolute Gasteiger partial charge is 0.490 e. The van der Waals surface area contributed by atoms with Crippen LogP contribution >= 0.6 is 11.8 Å². The van der Waals surface area contributed by atoms with Crippen LogP contribution in [0.3, 0.4) is 0 Å². The van der Waals surface area contributed by atoms with E-state index in [4.69, 9.17) is 9.47 Å². The Kier molecular flexibility index (Phi) is 7.16. The zero-order valence-electron chi connectivity index (χ0n) is 14.1. The number of hydrogen-bond acceptors (Lipinski definition) is 5. The van der Waals surface area contributed by atoms with Gasteiger partial charge in [0.15, 0.2) is 0 Å². The number of carbonyl (C=O) groups excluding carboxylic acids is 2. The lowest BCUT2D eigenvalue weighted by Gasteiger charge is -2.09. The van der Waals surface area contributed by atoms with E-state index in [-0.39, 0.29) is 19.1 Å². The van der Waals surface area contributed by atoms with Gasteiger partial charge in [0.1, 0.15) is 19.0 Å². The van der Waals surface area contributed by atoms with E-state index in [1.54, 1.807) is 42.1 Å². The molecule has 0 unspecified atom stereocenters. The van der Waals surface area contributed by atoms with Gasteiger partial charge < -0.3 is 14.8 Å². The van der Waals surface area contributed by atoms with Gasteiger partial charge >= 0.3 is 6.09 Å². The molecule has 0 radical (unpaired) electrons. The number of anilines is 2. The summed E-state index contributed by atoms with van der Waals surface area (Å²) in [7, 11) is 0. The Labute approximate surface area is 150 Å². The van der Waals surface area contributed by atoms with Crippen molar-refractivity contribution in [3.8, 4) is 5.75 Å². The monoisotopic (exact) mass is 360 g/mol. The third-order valence-corrected chi connectivity index (χ3v) is 3.80. The first-order valence-electron chi connectivity index (χ1n) is 7.65. The second kappa shape index (κ2) is 9.58. The van der Waals surface area contributed by atoms with Crippen molar-refractivity contribution in [3.05, 3.63) is 48.5 Å². The number of hydrogen-bond donors (Lipinski definition) is 2. The molecule has 0 aliphatic heterocycles. The summed E-state index contributed by atoms with van der Waals surface area (Å²) < 4.78 is 10.6. The fourth-order valence-corrected chi connectivity index (χ4v) is 2.45. The van der Waals surface area contributed by atoms with Crippen LogP contribution in [-0.4, -0.2) is 31.5 Å². The summed E-state index contributed by atoms with van der Waals surface area (Å²) in [6, 6.07) is 14.5. The topological polar surface area (TPSA) is 76.7 Å². The van der Waals surface area contributed by atoms with Crippen LogP contribution in [0.5, 0.6) is 5.75 Å². The van der Waals surface area contributed by atoms with Crippen LogP contribution in [0.1, 0.15) is 6.92 Å². The first-order chi connectivity index (χ1) is 12.1. The number of benzene rings is 2. The molecule has 0 bridgehead atoms. The molecule has 0 spiro atoms. The Balaban J connectivity index is 1.69. The normalized spacial score (nSPS) is 10.0. The molecular formula is C18H20N2O4S. The maximum Gasteiger partial charge on any atom is 0.411 e. The van der Waals surface area contributed by atoms with Crippen molar-refractivity contribution >= 4 is 35.1 Å². The molecule has 2 rings (SSSR count). The second-order valence-electron chi connectivity index (χ2n) is 5.05. The van der Waals surface area contributed by atoms with Crippen LogP contribution in [-0.2, 0) is 9.53 Å². The minimum Gasteiger partial charge on any atom is -0.490 e. The van der Waals surface area contributed by atoms with Gasteiger partial charge in [-0.2, -0.15) is 0 Å². The van der Waals surface area contributed by atoms with E-state index in [0.29, 0.717) is 17.1 Å². The minimum absolute atomic E-state index is 0.126. The standard InChI is InChI=1S/C18H20N2O4S/c1-13(21)19-14-6-8-16(9-7-14)23-10-11-24-18(22)20-15-4-3-5-17(12-15)25-2/h3-9,12H,10-11H2,1-2H3,(H,19,21)(H,20,22). The molecule has 2 N–H and O–H groups in total. The highest BCUT2D eigenvalue weighted by Gasteiger charge is 2.04. The smallest absolute Gasteiger partial charge is 0.411 e. The Hall–Kier alpha value is -2.67. The summed E-state index contributed by atoms with van der Waals surface area (Å²) in [6.45, 7) is 1.81.